The molecule has 0 aliphatic carbocycles. The fraction of sp³-hybridized carbons (Fsp3) is 0.125. The number of carbonyl (C=O) groups excluding carboxylic acids is 1. The maximum absolute atomic E-state index is 11.3. The van der Waals surface area contributed by atoms with Crippen molar-refractivity contribution in [2.24, 2.45) is 5.14 Å². The van der Waals surface area contributed by atoms with E-state index < -0.39 is 21.6 Å². The molecule has 1 rings (SSSR count). The van der Waals surface area contributed by atoms with Gasteiger partial charge in [-0.25, -0.2) is 13.6 Å². The molecule has 6 heteroatoms. The van der Waals surface area contributed by atoms with Gasteiger partial charge in [-0.15, -0.1) is 0 Å². The van der Waals surface area contributed by atoms with Gasteiger partial charge >= 0.3 is 0 Å². The standard InChI is InChI=1S/C8H9NO4S/c9-14(12,13)5-8(11)6-3-1-2-4-7(6)10/h1-4,10H,5H2,(H2,9,12,13). The number of ketones is 1. The van der Waals surface area contributed by atoms with Gasteiger partial charge in [-0.3, -0.25) is 4.79 Å². The third-order valence-corrected chi connectivity index (χ3v) is 2.20. The number of phenolic OH excluding ortho intramolecular Hbond substituents is 1. The summed E-state index contributed by atoms with van der Waals surface area (Å²) in [6, 6.07) is 5.69. The molecule has 0 spiro atoms. The molecule has 0 radical (unpaired) electrons. The van der Waals surface area contributed by atoms with E-state index in [4.69, 9.17) is 5.14 Å². The molecule has 0 fully saturated rings. The molecular weight excluding hydrogens is 206 g/mol. The van der Waals surface area contributed by atoms with E-state index in [9.17, 15) is 18.3 Å². The fourth-order valence-corrected chi connectivity index (χ4v) is 1.49. The van der Waals surface area contributed by atoms with Crippen LogP contribution in [0.15, 0.2) is 24.3 Å². The highest BCUT2D eigenvalue weighted by molar-refractivity contribution is 7.89. The van der Waals surface area contributed by atoms with E-state index in [0.29, 0.717) is 0 Å². The van der Waals surface area contributed by atoms with Crippen LogP contribution < -0.4 is 5.14 Å². The molecule has 0 aliphatic heterocycles. The van der Waals surface area contributed by atoms with Crippen LogP contribution in [0.4, 0.5) is 0 Å². The summed E-state index contributed by atoms with van der Waals surface area (Å²) in [5.74, 6) is -1.77. The molecule has 0 atom stereocenters. The van der Waals surface area contributed by atoms with E-state index in [1.807, 2.05) is 0 Å². The zero-order chi connectivity index (χ0) is 10.8. The van der Waals surface area contributed by atoms with Crippen molar-refractivity contribution >= 4 is 15.8 Å². The molecule has 0 unspecified atom stereocenters. The van der Waals surface area contributed by atoms with Gasteiger partial charge in [0.25, 0.3) is 0 Å². The maximum Gasteiger partial charge on any atom is 0.216 e. The molecule has 14 heavy (non-hydrogen) atoms. The van der Waals surface area contributed by atoms with Crippen LogP contribution in [0.3, 0.4) is 0 Å². The lowest BCUT2D eigenvalue weighted by atomic mass is 10.1. The van der Waals surface area contributed by atoms with Crippen molar-refractivity contribution in [2.75, 3.05) is 5.75 Å². The fourth-order valence-electron chi connectivity index (χ4n) is 0.970. The van der Waals surface area contributed by atoms with Crippen LogP contribution in [0.1, 0.15) is 10.4 Å². The van der Waals surface area contributed by atoms with Crippen LogP contribution in [0.5, 0.6) is 5.75 Å². The molecule has 5 nitrogen and oxygen atoms in total. The van der Waals surface area contributed by atoms with Gasteiger partial charge in [0.2, 0.25) is 10.0 Å². The second kappa shape index (κ2) is 3.77. The number of rotatable bonds is 3. The molecule has 0 aromatic heterocycles. The first-order valence-corrected chi connectivity index (χ1v) is 5.43. The molecule has 3 N–H and O–H groups in total. The van der Waals surface area contributed by atoms with E-state index in [0.717, 1.165) is 0 Å². The van der Waals surface area contributed by atoms with Crippen molar-refractivity contribution in [1.29, 1.82) is 0 Å². The number of para-hydroxylation sites is 1. The van der Waals surface area contributed by atoms with Gasteiger partial charge in [0.05, 0.1) is 5.56 Å². The van der Waals surface area contributed by atoms with Crippen LogP contribution in [0, 0.1) is 0 Å². The highest BCUT2D eigenvalue weighted by Crippen LogP contribution is 2.16. The normalized spacial score (nSPS) is 11.2. The lowest BCUT2D eigenvalue weighted by molar-refractivity contribution is 0.101. The summed E-state index contributed by atoms with van der Waals surface area (Å²) in [5.41, 5.74) is -0.0403. The molecule has 0 aliphatic rings. The van der Waals surface area contributed by atoms with Crippen LogP contribution in [0.2, 0.25) is 0 Å². The Balaban J connectivity index is 2.97. The molecular formula is C8H9NO4S. The summed E-state index contributed by atoms with van der Waals surface area (Å²) in [4.78, 5) is 11.3. The lowest BCUT2D eigenvalue weighted by Gasteiger charge is -2.01. The molecule has 1 aromatic carbocycles. The largest absolute Gasteiger partial charge is 0.507 e. The van der Waals surface area contributed by atoms with Crippen LogP contribution in [0.25, 0.3) is 0 Å². The van der Waals surface area contributed by atoms with Crippen molar-refractivity contribution < 1.29 is 18.3 Å². The van der Waals surface area contributed by atoms with E-state index in [2.05, 4.69) is 0 Å². The second-order valence-electron chi connectivity index (χ2n) is 2.75. The van der Waals surface area contributed by atoms with E-state index >= 15 is 0 Å². The Kier molecular flexibility index (Phi) is 2.87. The third kappa shape index (κ3) is 2.82. The smallest absolute Gasteiger partial charge is 0.216 e. The zero-order valence-corrected chi connectivity index (χ0v) is 7.99. The van der Waals surface area contributed by atoms with E-state index in [1.54, 1.807) is 0 Å². The summed E-state index contributed by atoms with van der Waals surface area (Å²) in [5, 5.41) is 13.9. The first kappa shape index (κ1) is 10.7. The number of hydrogen-bond donors (Lipinski definition) is 2. The van der Waals surface area contributed by atoms with Gasteiger partial charge in [0.1, 0.15) is 11.5 Å². The second-order valence-corrected chi connectivity index (χ2v) is 4.36. The van der Waals surface area contributed by atoms with Crippen molar-refractivity contribution in [3.05, 3.63) is 29.8 Å². The lowest BCUT2D eigenvalue weighted by Crippen LogP contribution is -2.23. The Morgan fingerprint density at radius 1 is 1.36 bits per heavy atom. The minimum Gasteiger partial charge on any atom is -0.507 e. The number of benzene rings is 1. The Morgan fingerprint density at radius 2 is 1.93 bits per heavy atom. The van der Waals surface area contributed by atoms with Gasteiger partial charge in [-0.2, -0.15) is 0 Å². The number of hydrogen-bond acceptors (Lipinski definition) is 4. The quantitative estimate of drug-likeness (QED) is 0.686. The van der Waals surface area contributed by atoms with Gasteiger partial charge in [0.15, 0.2) is 5.78 Å². The predicted octanol–water partition coefficient (Wildman–Crippen LogP) is -0.137. The summed E-state index contributed by atoms with van der Waals surface area (Å²) in [6.45, 7) is 0. The molecule has 0 saturated heterocycles. The number of phenols is 1. The molecule has 0 amide bonds. The number of primary sulfonamides is 1. The first-order valence-electron chi connectivity index (χ1n) is 3.72. The Hall–Kier alpha value is -1.40. The highest BCUT2D eigenvalue weighted by Gasteiger charge is 2.16. The van der Waals surface area contributed by atoms with Crippen molar-refractivity contribution in [3.8, 4) is 5.75 Å². The van der Waals surface area contributed by atoms with Gasteiger partial charge in [-0.05, 0) is 12.1 Å². The van der Waals surface area contributed by atoms with Gasteiger partial charge < -0.3 is 5.11 Å². The predicted molar refractivity (Wildman–Crippen MR) is 50.4 cm³/mol. The first-order chi connectivity index (χ1) is 6.40. The highest BCUT2D eigenvalue weighted by atomic mass is 32.2. The van der Waals surface area contributed by atoms with Gasteiger partial charge in [-0.1, -0.05) is 12.1 Å². The third-order valence-electron chi connectivity index (χ3n) is 1.54. The minimum absolute atomic E-state index is 0.0403. The Bertz CT molecular complexity index is 452. The van der Waals surface area contributed by atoms with E-state index in [1.165, 1.54) is 24.3 Å². The maximum atomic E-state index is 11.3. The number of nitrogens with two attached hydrogens (primary N) is 1. The molecule has 76 valence electrons. The molecule has 0 bridgehead atoms. The zero-order valence-electron chi connectivity index (χ0n) is 7.17. The van der Waals surface area contributed by atoms with Crippen LogP contribution in [-0.2, 0) is 10.0 Å². The van der Waals surface area contributed by atoms with Crippen molar-refractivity contribution in [1.82, 2.24) is 0 Å². The summed E-state index contributed by atoms with van der Waals surface area (Å²) in [6.07, 6.45) is 0. The average Bonchev–Trinajstić information content (AvgIpc) is 2.01. The van der Waals surface area contributed by atoms with E-state index in [-0.39, 0.29) is 11.3 Å². The minimum atomic E-state index is -3.85. The van der Waals surface area contributed by atoms with Crippen molar-refractivity contribution in [3.63, 3.8) is 0 Å². The average molecular weight is 215 g/mol. The number of sulfonamides is 1. The molecule has 0 heterocycles. The van der Waals surface area contributed by atoms with Crippen molar-refractivity contribution in [2.45, 2.75) is 0 Å². The summed E-state index contributed by atoms with van der Waals surface area (Å²) < 4.78 is 21.2. The Morgan fingerprint density at radius 3 is 2.43 bits per heavy atom. The van der Waals surface area contributed by atoms with Crippen LogP contribution >= 0.6 is 0 Å². The monoisotopic (exact) mass is 215 g/mol. The van der Waals surface area contributed by atoms with Crippen LogP contribution in [-0.4, -0.2) is 25.1 Å². The molecule has 0 saturated carbocycles. The number of Topliss-reactive ketones (excluding diaryl/α,β-unsaturated/α-hetero) is 1. The summed E-state index contributed by atoms with van der Waals surface area (Å²) in [7, 11) is -3.85. The SMILES string of the molecule is NS(=O)(=O)CC(=O)c1ccccc1O. The Labute approximate surface area is 81.2 Å². The number of carbonyl (C=O) groups is 1. The number of aromatic hydroxyl groups is 1. The van der Waals surface area contributed by atoms with Gasteiger partial charge in [0, 0.05) is 0 Å². The molecule has 1 aromatic rings. The topological polar surface area (TPSA) is 97.5 Å². The summed E-state index contributed by atoms with van der Waals surface area (Å²) >= 11 is 0.